The van der Waals surface area contributed by atoms with Gasteiger partial charge in [0.05, 0.1) is 62.7 Å². The van der Waals surface area contributed by atoms with Gasteiger partial charge in [-0.25, -0.2) is 4.98 Å². The number of aryl methyl sites for hydroxylation is 1. The number of fused-ring (bicyclic) bond motifs is 2. The van der Waals surface area contributed by atoms with Crippen LogP contribution in [0, 0.1) is 17.8 Å². The van der Waals surface area contributed by atoms with E-state index in [-0.39, 0.29) is 59.1 Å². The smallest absolute Gasteiger partial charge is 0.293 e. The Balaban J connectivity index is 0.811. The van der Waals surface area contributed by atoms with Crippen molar-refractivity contribution in [3.05, 3.63) is 69.1 Å². The molecule has 7 rings (SSSR count). The Bertz CT molecular complexity index is 2560. The van der Waals surface area contributed by atoms with E-state index in [0.29, 0.717) is 105 Å². The average molecular weight is 916 g/mol. The standard InChI is InChI=1S/C44H50ClN9O11/c1-46-34(56)23-65-32-20-25-19-26(21-31(62-3)37(25)53(2)43(32)61)50-40-29(45)22-49-44(52-40)54-13-9-24(10-14-54)41(59)48-12-16-64-18-17-63-15-11-47-30-6-4-5-27-35(30)39(58)36(38(27)57)28-7-8-33(55)51-42(28)60/h4-6,19-22,24,28,36,47H,7-18,23H2,1-3H3,(H,46,56)(H,48,59)(H,49,50,52)(H,51,55,60). The predicted molar refractivity (Wildman–Crippen MR) is 238 cm³/mol. The zero-order valence-electron chi connectivity index (χ0n) is 36.1. The molecule has 21 heteroatoms. The van der Waals surface area contributed by atoms with E-state index >= 15 is 0 Å². The lowest BCUT2D eigenvalue weighted by atomic mass is 9.82. The molecule has 20 nitrogen and oxygen atoms in total. The molecule has 65 heavy (non-hydrogen) atoms. The molecule has 344 valence electrons. The van der Waals surface area contributed by atoms with Gasteiger partial charge in [0.1, 0.15) is 10.8 Å². The molecular formula is C44H50ClN9O11. The van der Waals surface area contributed by atoms with Crippen molar-refractivity contribution in [2.75, 3.05) is 88.9 Å². The molecule has 0 spiro atoms. The fourth-order valence-electron chi connectivity index (χ4n) is 8.17. The van der Waals surface area contributed by atoms with Gasteiger partial charge in [0.25, 0.3) is 11.5 Å². The number of anilines is 4. The number of likely N-dealkylation sites (N-methyl/N-ethyl adjacent to an activating group) is 1. The van der Waals surface area contributed by atoms with Crippen molar-refractivity contribution in [1.29, 1.82) is 0 Å². The van der Waals surface area contributed by atoms with Crippen LogP contribution in [-0.2, 0) is 35.7 Å². The number of piperidine rings is 2. The van der Waals surface area contributed by atoms with Crippen molar-refractivity contribution in [2.45, 2.75) is 25.7 Å². The minimum absolute atomic E-state index is 0.000850. The van der Waals surface area contributed by atoms with Crippen LogP contribution in [0.5, 0.6) is 11.5 Å². The van der Waals surface area contributed by atoms with Crippen molar-refractivity contribution >= 4 is 80.8 Å². The zero-order valence-corrected chi connectivity index (χ0v) is 36.9. The van der Waals surface area contributed by atoms with E-state index in [0.717, 1.165) is 0 Å². The first-order valence-corrected chi connectivity index (χ1v) is 21.6. The Morgan fingerprint density at radius 2 is 1.69 bits per heavy atom. The Morgan fingerprint density at radius 3 is 2.42 bits per heavy atom. The number of hydrogen-bond acceptors (Lipinski definition) is 16. The minimum Gasteiger partial charge on any atom is -0.494 e. The van der Waals surface area contributed by atoms with Gasteiger partial charge >= 0.3 is 0 Å². The van der Waals surface area contributed by atoms with Crippen LogP contribution < -0.4 is 46.5 Å². The predicted octanol–water partition coefficient (Wildman–Crippen LogP) is 2.38. The molecule has 1 aliphatic carbocycles. The molecule has 0 saturated carbocycles. The van der Waals surface area contributed by atoms with Gasteiger partial charge in [0, 0.05) is 81.0 Å². The summed E-state index contributed by atoms with van der Waals surface area (Å²) in [6.45, 7) is 2.66. The van der Waals surface area contributed by atoms with Crippen LogP contribution in [0.2, 0.25) is 5.02 Å². The number of halogens is 1. The molecule has 5 N–H and O–H groups in total. The molecule has 2 saturated heterocycles. The highest BCUT2D eigenvalue weighted by atomic mass is 35.5. The molecule has 2 atom stereocenters. The maximum atomic E-state index is 13.3. The second kappa shape index (κ2) is 20.9. The van der Waals surface area contributed by atoms with Crippen LogP contribution in [0.25, 0.3) is 10.9 Å². The molecule has 4 amide bonds. The van der Waals surface area contributed by atoms with Crippen LogP contribution in [0.3, 0.4) is 0 Å². The number of aromatic nitrogens is 3. The number of Topliss-reactive ketones (excluding diaryl/α,β-unsaturated/α-hetero) is 2. The van der Waals surface area contributed by atoms with Crippen LogP contribution in [0.1, 0.15) is 46.4 Å². The van der Waals surface area contributed by atoms with E-state index in [9.17, 15) is 33.6 Å². The number of carbonyl (C=O) groups excluding carboxylic acids is 6. The molecule has 0 bridgehead atoms. The highest BCUT2D eigenvalue weighted by molar-refractivity contribution is 6.33. The fourth-order valence-corrected chi connectivity index (χ4v) is 8.31. The Labute approximate surface area is 378 Å². The lowest BCUT2D eigenvalue weighted by molar-refractivity contribution is -0.137. The molecule has 2 aromatic heterocycles. The average Bonchev–Trinajstić information content (AvgIpc) is 3.56. The number of imide groups is 1. The van der Waals surface area contributed by atoms with Gasteiger partial charge < -0.3 is 49.7 Å². The van der Waals surface area contributed by atoms with E-state index in [4.69, 9.17) is 35.5 Å². The summed E-state index contributed by atoms with van der Waals surface area (Å²) in [6.07, 6.45) is 2.92. The first-order chi connectivity index (χ1) is 31.4. The van der Waals surface area contributed by atoms with Crippen molar-refractivity contribution < 1.29 is 47.7 Å². The maximum absolute atomic E-state index is 13.3. The van der Waals surface area contributed by atoms with Gasteiger partial charge in [0.2, 0.25) is 23.7 Å². The van der Waals surface area contributed by atoms with Crippen molar-refractivity contribution in [1.82, 2.24) is 30.5 Å². The minimum atomic E-state index is -1.14. The molecule has 3 aliphatic rings. The van der Waals surface area contributed by atoms with E-state index in [1.54, 1.807) is 43.4 Å². The van der Waals surface area contributed by atoms with Crippen LogP contribution in [0.4, 0.5) is 23.1 Å². The summed E-state index contributed by atoms with van der Waals surface area (Å²) in [7, 11) is 4.56. The number of ketones is 2. The van der Waals surface area contributed by atoms with Crippen molar-refractivity contribution in [3.8, 4) is 11.5 Å². The van der Waals surface area contributed by atoms with Gasteiger partial charge in [-0.05, 0) is 37.5 Å². The lowest BCUT2D eigenvalue weighted by Crippen LogP contribution is -2.46. The molecule has 2 aliphatic heterocycles. The van der Waals surface area contributed by atoms with Gasteiger partial charge in [-0.3, -0.25) is 38.9 Å². The summed E-state index contributed by atoms with van der Waals surface area (Å²) in [5.41, 5.74) is 1.66. The van der Waals surface area contributed by atoms with Gasteiger partial charge in [0.15, 0.2) is 29.7 Å². The van der Waals surface area contributed by atoms with E-state index in [1.165, 1.54) is 24.9 Å². The number of nitrogens with zero attached hydrogens (tertiary/aromatic N) is 4. The topological polar surface area (TPSA) is 251 Å². The fraction of sp³-hybridized carbons (Fsp3) is 0.432. The summed E-state index contributed by atoms with van der Waals surface area (Å²) >= 11 is 6.53. The largest absolute Gasteiger partial charge is 0.494 e. The molecule has 0 radical (unpaired) electrons. The number of ether oxygens (including phenoxy) is 4. The van der Waals surface area contributed by atoms with Crippen LogP contribution in [-0.4, -0.2) is 123 Å². The van der Waals surface area contributed by atoms with Crippen LogP contribution >= 0.6 is 11.6 Å². The molecule has 4 heterocycles. The molecule has 2 unspecified atom stereocenters. The number of methoxy groups -OCH3 is 1. The second-order valence-corrected chi connectivity index (χ2v) is 16.0. The van der Waals surface area contributed by atoms with E-state index < -0.39 is 40.8 Å². The Kier molecular flexibility index (Phi) is 14.9. The van der Waals surface area contributed by atoms with Gasteiger partial charge in [-0.1, -0.05) is 23.7 Å². The van der Waals surface area contributed by atoms with E-state index in [1.807, 2.05) is 4.90 Å². The normalized spacial score (nSPS) is 17.4. The van der Waals surface area contributed by atoms with Gasteiger partial charge in [-0.2, -0.15) is 4.98 Å². The number of benzene rings is 2. The summed E-state index contributed by atoms with van der Waals surface area (Å²) < 4.78 is 23.8. The molecule has 4 aromatic rings. The number of carbonyl (C=O) groups is 6. The summed E-state index contributed by atoms with van der Waals surface area (Å²) in [5, 5.41) is 14.9. The summed E-state index contributed by atoms with van der Waals surface area (Å²) in [6, 6.07) is 10.00. The SMILES string of the molecule is CNC(=O)COc1cc2cc(Nc3nc(N4CCC(C(=O)NCCOCCOCCNc5cccc6c5C(=O)C(C5CCC(=O)NC5=O)C6=O)CC4)ncc3Cl)cc(OC)c2n(C)c1=O. The number of nitrogens with one attached hydrogen (secondary N) is 5. The summed E-state index contributed by atoms with van der Waals surface area (Å²) in [4.78, 5) is 99.3. The Morgan fingerprint density at radius 1 is 0.938 bits per heavy atom. The number of rotatable bonds is 19. The highest BCUT2D eigenvalue weighted by Crippen LogP contribution is 2.39. The monoisotopic (exact) mass is 915 g/mol. The second-order valence-electron chi connectivity index (χ2n) is 15.6. The molecule has 2 fully saturated rings. The summed E-state index contributed by atoms with van der Waals surface area (Å²) in [5.74, 6) is -3.28. The van der Waals surface area contributed by atoms with Gasteiger partial charge in [-0.15, -0.1) is 0 Å². The lowest BCUT2D eigenvalue weighted by Gasteiger charge is -2.31. The first kappa shape index (κ1) is 46.4. The first-order valence-electron chi connectivity index (χ1n) is 21.2. The third kappa shape index (κ3) is 10.5. The Hall–Kier alpha value is -6.64. The van der Waals surface area contributed by atoms with Crippen molar-refractivity contribution in [3.63, 3.8) is 0 Å². The molecule has 2 aromatic carbocycles. The third-order valence-electron chi connectivity index (χ3n) is 11.5. The number of amides is 4. The van der Waals surface area contributed by atoms with Crippen LogP contribution in [0.15, 0.2) is 47.4 Å². The quantitative estimate of drug-likeness (QED) is 0.0515. The maximum Gasteiger partial charge on any atom is 0.293 e. The van der Waals surface area contributed by atoms with Crippen molar-refractivity contribution in [2.24, 2.45) is 24.8 Å². The highest BCUT2D eigenvalue weighted by Gasteiger charge is 2.48. The molecular weight excluding hydrogens is 866 g/mol. The zero-order chi connectivity index (χ0) is 46.2. The number of hydrogen-bond donors (Lipinski definition) is 5. The third-order valence-corrected chi connectivity index (χ3v) is 11.8. The number of pyridine rings is 1. The van der Waals surface area contributed by atoms with E-state index in [2.05, 4.69) is 31.6 Å².